The van der Waals surface area contributed by atoms with Gasteiger partial charge in [0.2, 0.25) is 5.90 Å². The van der Waals surface area contributed by atoms with Gasteiger partial charge in [-0.3, -0.25) is 0 Å². The van der Waals surface area contributed by atoms with Gasteiger partial charge in [0.1, 0.15) is 0 Å². The number of nitrogens with zero attached hydrogens (tertiary/aromatic N) is 1. The van der Waals surface area contributed by atoms with Gasteiger partial charge in [0.15, 0.2) is 17.2 Å². The fraction of sp³-hybridized carbons (Fsp3) is 0.0417. The fourth-order valence-electron chi connectivity index (χ4n) is 2.95. The number of benzene rings is 3. The number of cyclic esters (lactones) is 1. The summed E-state index contributed by atoms with van der Waals surface area (Å²) in [5, 5.41) is 0.849. The third-order valence-corrected chi connectivity index (χ3v) is 5.04. The summed E-state index contributed by atoms with van der Waals surface area (Å²) in [4.78, 5) is 28.9. The van der Waals surface area contributed by atoms with Crippen LogP contribution < -0.4 is 9.47 Å². The first-order valence-electron chi connectivity index (χ1n) is 9.38. The van der Waals surface area contributed by atoms with E-state index in [1.165, 1.54) is 19.3 Å². The van der Waals surface area contributed by atoms with E-state index < -0.39 is 11.9 Å². The van der Waals surface area contributed by atoms with Crippen LogP contribution in [0.1, 0.15) is 21.5 Å². The Morgan fingerprint density at radius 1 is 1.00 bits per heavy atom. The molecule has 0 radical (unpaired) electrons. The van der Waals surface area contributed by atoms with E-state index in [4.69, 9.17) is 37.4 Å². The molecule has 32 heavy (non-hydrogen) atoms. The van der Waals surface area contributed by atoms with Gasteiger partial charge < -0.3 is 14.2 Å². The Hall–Kier alpha value is -3.61. The minimum Gasteiger partial charge on any atom is -0.493 e. The molecule has 1 heterocycles. The largest absolute Gasteiger partial charge is 0.493 e. The summed E-state index contributed by atoms with van der Waals surface area (Å²) in [7, 11) is 1.44. The Kier molecular flexibility index (Phi) is 6.25. The van der Waals surface area contributed by atoms with Crippen molar-refractivity contribution in [3.63, 3.8) is 0 Å². The van der Waals surface area contributed by atoms with Gasteiger partial charge in [-0.2, -0.15) is 0 Å². The van der Waals surface area contributed by atoms with Crippen LogP contribution in [0.5, 0.6) is 11.5 Å². The maximum absolute atomic E-state index is 12.4. The number of aliphatic imine (C=N–C) groups is 1. The molecule has 3 aromatic rings. The average molecular weight is 468 g/mol. The van der Waals surface area contributed by atoms with Crippen LogP contribution in [0.25, 0.3) is 6.08 Å². The monoisotopic (exact) mass is 467 g/mol. The van der Waals surface area contributed by atoms with Crippen LogP contribution in [-0.4, -0.2) is 24.9 Å². The third kappa shape index (κ3) is 4.66. The standard InChI is InChI=1S/C24H15Cl2NO5/c1-30-21-12-14(9-10-20(21)31-23(28)15-5-4-6-16(25)13-15)11-19-24(29)32-22(27-19)17-7-2-3-8-18(17)26/h2-13H,1H3/b19-11-. The SMILES string of the molecule is COc1cc(/C=C2\N=C(c3ccccc3Cl)OC2=O)ccc1OC(=O)c1cccc(Cl)c1. The van der Waals surface area contributed by atoms with Gasteiger partial charge in [-0.05, 0) is 54.1 Å². The lowest BCUT2D eigenvalue weighted by Gasteiger charge is -2.10. The molecule has 0 amide bonds. The predicted molar refractivity (Wildman–Crippen MR) is 121 cm³/mol. The third-order valence-electron chi connectivity index (χ3n) is 4.48. The van der Waals surface area contributed by atoms with E-state index in [1.54, 1.807) is 60.7 Å². The quantitative estimate of drug-likeness (QED) is 0.278. The molecule has 0 unspecified atom stereocenters. The van der Waals surface area contributed by atoms with Crippen molar-refractivity contribution in [2.45, 2.75) is 0 Å². The molecule has 0 aliphatic carbocycles. The van der Waals surface area contributed by atoms with E-state index >= 15 is 0 Å². The molecule has 1 aliphatic rings. The molecule has 1 aliphatic heterocycles. The minimum absolute atomic E-state index is 0.102. The summed E-state index contributed by atoms with van der Waals surface area (Å²) in [6, 6.07) is 18.2. The molecule has 8 heteroatoms. The number of methoxy groups -OCH3 is 1. The van der Waals surface area contributed by atoms with Crippen molar-refractivity contribution in [1.29, 1.82) is 0 Å². The van der Waals surface area contributed by atoms with Crippen molar-refractivity contribution in [2.75, 3.05) is 7.11 Å². The number of esters is 2. The van der Waals surface area contributed by atoms with Gasteiger partial charge in [0, 0.05) is 5.02 Å². The number of hydrogen-bond donors (Lipinski definition) is 0. The molecule has 3 aromatic carbocycles. The molecular weight excluding hydrogens is 453 g/mol. The van der Waals surface area contributed by atoms with Crippen LogP contribution in [0.2, 0.25) is 10.0 Å². The summed E-state index contributed by atoms with van der Waals surface area (Å²) in [5.74, 6) is -0.531. The number of halogens is 2. The van der Waals surface area contributed by atoms with Crippen molar-refractivity contribution >= 4 is 47.1 Å². The lowest BCUT2D eigenvalue weighted by molar-refractivity contribution is -0.129. The van der Waals surface area contributed by atoms with Crippen molar-refractivity contribution in [3.05, 3.63) is 99.2 Å². The molecule has 6 nitrogen and oxygen atoms in total. The number of ether oxygens (including phenoxy) is 3. The molecule has 0 fully saturated rings. The van der Waals surface area contributed by atoms with Crippen LogP contribution >= 0.6 is 23.2 Å². The molecule has 4 rings (SSSR count). The van der Waals surface area contributed by atoms with E-state index in [0.717, 1.165) is 0 Å². The Morgan fingerprint density at radius 3 is 2.56 bits per heavy atom. The van der Waals surface area contributed by atoms with E-state index in [0.29, 0.717) is 32.5 Å². The maximum atomic E-state index is 12.4. The van der Waals surface area contributed by atoms with Gasteiger partial charge in [-0.15, -0.1) is 0 Å². The van der Waals surface area contributed by atoms with Crippen LogP contribution in [-0.2, 0) is 9.53 Å². The summed E-state index contributed by atoms with van der Waals surface area (Å²) in [6.45, 7) is 0. The molecule has 0 atom stereocenters. The maximum Gasteiger partial charge on any atom is 0.363 e. The number of carbonyl (C=O) groups is 2. The second kappa shape index (κ2) is 9.26. The first kappa shape index (κ1) is 21.6. The first-order valence-corrected chi connectivity index (χ1v) is 10.1. The highest BCUT2D eigenvalue weighted by molar-refractivity contribution is 6.34. The van der Waals surface area contributed by atoms with Gasteiger partial charge >= 0.3 is 11.9 Å². The first-order chi connectivity index (χ1) is 15.4. The zero-order valence-corrected chi connectivity index (χ0v) is 18.2. The molecule has 0 saturated heterocycles. The number of hydrogen-bond acceptors (Lipinski definition) is 6. The van der Waals surface area contributed by atoms with Crippen LogP contribution in [0.3, 0.4) is 0 Å². The molecule has 0 bridgehead atoms. The van der Waals surface area contributed by atoms with E-state index in [-0.39, 0.29) is 17.3 Å². The molecule has 0 N–H and O–H groups in total. The summed E-state index contributed by atoms with van der Waals surface area (Å²) >= 11 is 12.1. The highest BCUT2D eigenvalue weighted by Crippen LogP contribution is 2.31. The van der Waals surface area contributed by atoms with E-state index in [1.807, 2.05) is 0 Å². The lowest BCUT2D eigenvalue weighted by Crippen LogP contribution is -2.09. The van der Waals surface area contributed by atoms with Gasteiger partial charge in [0.25, 0.3) is 0 Å². The molecule has 160 valence electrons. The Morgan fingerprint density at radius 2 is 1.81 bits per heavy atom. The Balaban J connectivity index is 1.59. The molecular formula is C24H15Cl2NO5. The van der Waals surface area contributed by atoms with Crippen molar-refractivity contribution in [2.24, 2.45) is 4.99 Å². The number of carbonyl (C=O) groups excluding carboxylic acids is 2. The van der Waals surface area contributed by atoms with Crippen molar-refractivity contribution < 1.29 is 23.8 Å². The highest BCUT2D eigenvalue weighted by Gasteiger charge is 2.25. The average Bonchev–Trinajstić information content (AvgIpc) is 3.14. The topological polar surface area (TPSA) is 74.2 Å². The van der Waals surface area contributed by atoms with Gasteiger partial charge in [-0.1, -0.05) is 47.5 Å². The van der Waals surface area contributed by atoms with Crippen LogP contribution in [0.15, 0.2) is 77.4 Å². The summed E-state index contributed by atoms with van der Waals surface area (Å²) < 4.78 is 16.0. The predicted octanol–water partition coefficient (Wildman–Crippen LogP) is 5.57. The van der Waals surface area contributed by atoms with Gasteiger partial charge in [-0.25, -0.2) is 14.6 Å². The zero-order chi connectivity index (χ0) is 22.7. The summed E-state index contributed by atoms with van der Waals surface area (Å²) in [6.07, 6.45) is 1.54. The second-order valence-corrected chi connectivity index (χ2v) is 7.47. The molecule has 0 spiro atoms. The molecule has 0 aromatic heterocycles. The van der Waals surface area contributed by atoms with E-state index in [9.17, 15) is 9.59 Å². The zero-order valence-electron chi connectivity index (χ0n) is 16.7. The molecule has 0 saturated carbocycles. The van der Waals surface area contributed by atoms with Crippen molar-refractivity contribution in [1.82, 2.24) is 0 Å². The lowest BCUT2D eigenvalue weighted by atomic mass is 10.1. The smallest absolute Gasteiger partial charge is 0.363 e. The normalized spacial score (nSPS) is 14.2. The Labute approximate surface area is 193 Å². The summed E-state index contributed by atoms with van der Waals surface area (Å²) in [5.41, 5.74) is 1.53. The second-order valence-electron chi connectivity index (χ2n) is 6.63. The van der Waals surface area contributed by atoms with Crippen LogP contribution in [0.4, 0.5) is 0 Å². The van der Waals surface area contributed by atoms with Crippen molar-refractivity contribution in [3.8, 4) is 11.5 Å². The van der Waals surface area contributed by atoms with Crippen LogP contribution in [0, 0.1) is 0 Å². The minimum atomic E-state index is -0.602. The Bertz CT molecular complexity index is 1280. The number of rotatable bonds is 5. The van der Waals surface area contributed by atoms with E-state index in [2.05, 4.69) is 4.99 Å². The van der Waals surface area contributed by atoms with Gasteiger partial charge in [0.05, 0.1) is 23.3 Å². The fourth-order valence-corrected chi connectivity index (χ4v) is 3.36. The highest BCUT2D eigenvalue weighted by atomic mass is 35.5.